The van der Waals surface area contributed by atoms with Crippen molar-refractivity contribution in [1.29, 1.82) is 0 Å². The fourth-order valence-electron chi connectivity index (χ4n) is 2.91. The lowest BCUT2D eigenvalue weighted by Gasteiger charge is -2.33. The quantitative estimate of drug-likeness (QED) is 0.898. The van der Waals surface area contributed by atoms with Crippen molar-refractivity contribution in [3.8, 4) is 0 Å². The number of amides is 1. The normalized spacial score (nSPS) is 16.1. The maximum atomic E-state index is 12.6. The Bertz CT molecular complexity index is 407. The molecule has 0 aliphatic heterocycles. The van der Waals surface area contributed by atoms with E-state index in [1.807, 2.05) is 36.2 Å². The highest BCUT2D eigenvalue weighted by Crippen LogP contribution is 2.24. The van der Waals surface area contributed by atoms with E-state index >= 15 is 0 Å². The molecule has 0 bridgehead atoms. The molecule has 0 aromatic heterocycles. The summed E-state index contributed by atoms with van der Waals surface area (Å²) >= 11 is 0. The van der Waals surface area contributed by atoms with Crippen molar-refractivity contribution in [1.82, 2.24) is 4.90 Å². The Balaban J connectivity index is 2.10. The second-order valence-corrected chi connectivity index (χ2v) is 5.21. The van der Waals surface area contributed by atoms with Crippen LogP contribution in [0.4, 0.5) is 5.69 Å². The Morgan fingerprint density at radius 2 is 1.84 bits per heavy atom. The molecule has 1 aromatic rings. The summed E-state index contributed by atoms with van der Waals surface area (Å²) in [6.45, 7) is 2.88. The van der Waals surface area contributed by atoms with E-state index in [-0.39, 0.29) is 5.91 Å². The first-order valence-electron chi connectivity index (χ1n) is 7.35. The Morgan fingerprint density at radius 1 is 1.21 bits per heavy atom. The van der Waals surface area contributed by atoms with Gasteiger partial charge in [0.05, 0.1) is 0 Å². The van der Waals surface area contributed by atoms with Gasteiger partial charge in [-0.15, -0.1) is 0 Å². The topological polar surface area (TPSA) is 32.3 Å². The zero-order valence-electron chi connectivity index (χ0n) is 12.0. The average Bonchev–Trinajstić information content (AvgIpc) is 2.49. The van der Waals surface area contributed by atoms with Crippen LogP contribution >= 0.6 is 0 Å². The largest absolute Gasteiger partial charge is 0.388 e. The van der Waals surface area contributed by atoms with Crippen LogP contribution in [0.1, 0.15) is 49.4 Å². The molecule has 0 saturated heterocycles. The molecule has 2 rings (SSSR count). The minimum atomic E-state index is 0.178. The van der Waals surface area contributed by atoms with Crippen LogP contribution in [-0.2, 0) is 0 Å². The summed E-state index contributed by atoms with van der Waals surface area (Å²) in [7, 11) is 1.89. The van der Waals surface area contributed by atoms with E-state index in [0.29, 0.717) is 6.04 Å². The van der Waals surface area contributed by atoms with Gasteiger partial charge in [0.15, 0.2) is 0 Å². The lowest BCUT2D eigenvalue weighted by Crippen LogP contribution is -2.41. The number of benzene rings is 1. The van der Waals surface area contributed by atoms with Crippen LogP contribution in [0.5, 0.6) is 0 Å². The molecule has 0 atom stereocenters. The van der Waals surface area contributed by atoms with E-state index in [0.717, 1.165) is 30.6 Å². The smallest absolute Gasteiger partial charge is 0.254 e. The molecular formula is C16H24N2O. The number of carbonyl (C=O) groups excluding carboxylic acids is 1. The third-order valence-electron chi connectivity index (χ3n) is 4.04. The van der Waals surface area contributed by atoms with Gasteiger partial charge in [0.1, 0.15) is 0 Å². The van der Waals surface area contributed by atoms with Crippen molar-refractivity contribution in [3.05, 3.63) is 29.8 Å². The maximum Gasteiger partial charge on any atom is 0.254 e. The SMILES string of the molecule is CCN(C(=O)c1ccc(NC)cc1)C1CCCCC1. The van der Waals surface area contributed by atoms with E-state index < -0.39 is 0 Å². The van der Waals surface area contributed by atoms with Gasteiger partial charge in [-0.25, -0.2) is 0 Å². The molecule has 1 aliphatic carbocycles. The molecule has 1 amide bonds. The predicted molar refractivity (Wildman–Crippen MR) is 79.6 cm³/mol. The minimum absolute atomic E-state index is 0.178. The number of rotatable bonds is 4. The summed E-state index contributed by atoms with van der Waals surface area (Å²) in [5.74, 6) is 0.178. The van der Waals surface area contributed by atoms with Crippen LogP contribution in [0.3, 0.4) is 0 Å². The fraction of sp³-hybridized carbons (Fsp3) is 0.562. The van der Waals surface area contributed by atoms with Crippen molar-refractivity contribution < 1.29 is 4.79 Å². The molecule has 1 aliphatic rings. The maximum absolute atomic E-state index is 12.6. The Kier molecular flexibility index (Phi) is 4.83. The van der Waals surface area contributed by atoms with Crippen molar-refractivity contribution in [2.75, 3.05) is 18.9 Å². The van der Waals surface area contributed by atoms with Crippen LogP contribution in [0, 0.1) is 0 Å². The monoisotopic (exact) mass is 260 g/mol. The van der Waals surface area contributed by atoms with Gasteiger partial charge < -0.3 is 10.2 Å². The van der Waals surface area contributed by atoms with E-state index in [1.54, 1.807) is 0 Å². The van der Waals surface area contributed by atoms with Gasteiger partial charge in [0, 0.05) is 30.9 Å². The summed E-state index contributed by atoms with van der Waals surface area (Å²) in [4.78, 5) is 14.6. The molecule has 1 saturated carbocycles. The molecular weight excluding hydrogens is 236 g/mol. The van der Waals surface area contributed by atoms with E-state index in [1.165, 1.54) is 19.3 Å². The van der Waals surface area contributed by atoms with Crippen molar-refractivity contribution >= 4 is 11.6 Å². The summed E-state index contributed by atoms with van der Waals surface area (Å²) < 4.78 is 0. The third kappa shape index (κ3) is 3.28. The van der Waals surface area contributed by atoms with Crippen LogP contribution in [-0.4, -0.2) is 30.4 Å². The molecule has 3 nitrogen and oxygen atoms in total. The van der Waals surface area contributed by atoms with Gasteiger partial charge in [-0.3, -0.25) is 4.79 Å². The molecule has 0 unspecified atom stereocenters. The van der Waals surface area contributed by atoms with Crippen molar-refractivity contribution in [3.63, 3.8) is 0 Å². The Morgan fingerprint density at radius 3 is 2.37 bits per heavy atom. The molecule has 104 valence electrons. The summed E-state index contributed by atoms with van der Waals surface area (Å²) in [6.07, 6.45) is 6.15. The van der Waals surface area contributed by atoms with Gasteiger partial charge in [0.25, 0.3) is 5.91 Å². The molecule has 0 spiro atoms. The van der Waals surface area contributed by atoms with Gasteiger partial charge in [-0.2, -0.15) is 0 Å². The van der Waals surface area contributed by atoms with Gasteiger partial charge >= 0.3 is 0 Å². The molecule has 0 heterocycles. The highest BCUT2D eigenvalue weighted by Gasteiger charge is 2.24. The first-order valence-corrected chi connectivity index (χ1v) is 7.35. The Labute approximate surface area is 116 Å². The van der Waals surface area contributed by atoms with E-state index in [9.17, 15) is 4.79 Å². The third-order valence-corrected chi connectivity index (χ3v) is 4.04. The van der Waals surface area contributed by atoms with Crippen LogP contribution < -0.4 is 5.32 Å². The van der Waals surface area contributed by atoms with Gasteiger partial charge in [0.2, 0.25) is 0 Å². The van der Waals surface area contributed by atoms with Crippen LogP contribution in [0.2, 0.25) is 0 Å². The second kappa shape index (κ2) is 6.60. The van der Waals surface area contributed by atoms with E-state index in [2.05, 4.69) is 12.2 Å². The number of carbonyl (C=O) groups is 1. The number of hydrogen-bond acceptors (Lipinski definition) is 2. The summed E-state index contributed by atoms with van der Waals surface area (Å²) in [6, 6.07) is 8.19. The molecule has 19 heavy (non-hydrogen) atoms. The zero-order valence-corrected chi connectivity index (χ0v) is 12.0. The summed E-state index contributed by atoms with van der Waals surface area (Å²) in [5, 5.41) is 3.07. The summed E-state index contributed by atoms with van der Waals surface area (Å²) in [5.41, 5.74) is 1.84. The molecule has 0 radical (unpaired) electrons. The standard InChI is InChI=1S/C16H24N2O/c1-3-18(15-7-5-4-6-8-15)16(19)13-9-11-14(17-2)12-10-13/h9-12,15,17H,3-8H2,1-2H3. The number of hydrogen-bond donors (Lipinski definition) is 1. The van der Waals surface area contributed by atoms with Gasteiger partial charge in [-0.1, -0.05) is 19.3 Å². The van der Waals surface area contributed by atoms with Gasteiger partial charge in [-0.05, 0) is 44.0 Å². The number of nitrogens with one attached hydrogen (secondary N) is 1. The Hall–Kier alpha value is -1.51. The van der Waals surface area contributed by atoms with Crippen LogP contribution in [0.25, 0.3) is 0 Å². The lowest BCUT2D eigenvalue weighted by atomic mass is 9.93. The van der Waals surface area contributed by atoms with Crippen molar-refractivity contribution in [2.24, 2.45) is 0 Å². The predicted octanol–water partition coefficient (Wildman–Crippen LogP) is 3.52. The van der Waals surface area contributed by atoms with Crippen molar-refractivity contribution in [2.45, 2.75) is 45.1 Å². The highest BCUT2D eigenvalue weighted by molar-refractivity contribution is 5.94. The average molecular weight is 260 g/mol. The first-order chi connectivity index (χ1) is 9.26. The number of anilines is 1. The molecule has 1 N–H and O–H groups in total. The molecule has 1 fully saturated rings. The van der Waals surface area contributed by atoms with E-state index in [4.69, 9.17) is 0 Å². The second-order valence-electron chi connectivity index (χ2n) is 5.21. The van der Waals surface area contributed by atoms with Crippen LogP contribution in [0.15, 0.2) is 24.3 Å². The molecule has 3 heteroatoms. The highest BCUT2D eigenvalue weighted by atomic mass is 16.2. The fourth-order valence-corrected chi connectivity index (χ4v) is 2.91. The lowest BCUT2D eigenvalue weighted by molar-refractivity contribution is 0.0648. The number of nitrogens with zero attached hydrogens (tertiary/aromatic N) is 1. The zero-order chi connectivity index (χ0) is 13.7. The first kappa shape index (κ1) is 13.9. The minimum Gasteiger partial charge on any atom is -0.388 e. The molecule has 1 aromatic carbocycles.